The molecule has 0 fully saturated rings. The van der Waals surface area contributed by atoms with E-state index in [1.54, 1.807) is 0 Å². The molecule has 0 atom stereocenters. The fourth-order valence-corrected chi connectivity index (χ4v) is 6.89. The summed E-state index contributed by atoms with van der Waals surface area (Å²) in [7, 11) is 0. The summed E-state index contributed by atoms with van der Waals surface area (Å²) in [5, 5.41) is 0. The number of rotatable bonds is 0. The molecule has 9 heteroatoms. The molecule has 0 radical (unpaired) electrons. The molecule has 2 aliphatic rings. The van der Waals surface area contributed by atoms with Crippen molar-refractivity contribution < 1.29 is 29.9 Å². The predicted octanol–water partition coefficient (Wildman–Crippen LogP) is -1.27. The molecule has 1 spiro atoms. The van der Waals surface area contributed by atoms with Crippen molar-refractivity contribution >= 4 is 46.9 Å². The summed E-state index contributed by atoms with van der Waals surface area (Å²) in [5.74, 6) is -3.89. The van der Waals surface area contributed by atoms with E-state index in [0.717, 1.165) is 24.3 Å². The van der Waals surface area contributed by atoms with E-state index in [0.29, 0.717) is 0 Å². The van der Waals surface area contributed by atoms with Crippen LogP contribution in [0.25, 0.3) is 0 Å². The van der Waals surface area contributed by atoms with Gasteiger partial charge in [0, 0.05) is 0 Å². The zero-order valence-electron chi connectivity index (χ0n) is 8.08. The molecule has 0 aliphatic carbocycles. The average molecular weight is 435 g/mol. The van der Waals surface area contributed by atoms with Crippen LogP contribution in [-0.2, 0) is 29.9 Å². The van der Waals surface area contributed by atoms with E-state index in [4.69, 9.17) is 0 Å². The van der Waals surface area contributed by atoms with Gasteiger partial charge in [-0.1, -0.05) is 0 Å². The number of hydrogen-bond donors (Lipinski definition) is 0. The zero-order valence-corrected chi connectivity index (χ0v) is 12.0. The molecule has 0 bridgehead atoms. The third-order valence-corrected chi connectivity index (χ3v) is 8.63. The normalized spacial score (nSPS) is 22.1. The molecule has 0 aromatic rings. The topological polar surface area (TPSA) is 105 Å². The Morgan fingerprint density at radius 3 is 1.06 bits per heavy atom. The average Bonchev–Trinajstić information content (AvgIpc) is 2.43. The second-order valence-corrected chi connectivity index (χ2v) is 9.91. The van der Waals surface area contributed by atoms with Crippen molar-refractivity contribution in [1.82, 2.24) is 0 Å². The zero-order chi connectivity index (χ0) is 12.5. The summed E-state index contributed by atoms with van der Waals surface area (Å²) in [6, 6.07) is 0. The van der Waals surface area contributed by atoms with Gasteiger partial charge in [-0.2, -0.15) is 0 Å². The summed E-state index contributed by atoms with van der Waals surface area (Å²) in [4.78, 5) is 44.6. The Hall–Kier alpha value is -1.72. The van der Waals surface area contributed by atoms with Crippen LogP contribution in [0.2, 0.25) is 0 Å². The maximum atomic E-state index is 11.1. The number of hydrogen-bond acceptors (Lipinski definition) is 8. The first-order chi connectivity index (χ1) is 7.99. The number of carbonyl (C=O) groups is 4. The van der Waals surface area contributed by atoms with Crippen LogP contribution in [0.3, 0.4) is 0 Å². The van der Waals surface area contributed by atoms with Crippen LogP contribution >= 0.6 is 0 Å². The molecule has 0 aromatic heterocycles. The number of carbonyl (C=O) groups excluding carboxylic acids is 4. The molecule has 0 N–H and O–H groups in total. The first-order valence-electron chi connectivity index (χ1n) is 4.27. The SMILES string of the molecule is O=C1C=CC(=O)[O][Pb]2([O]1)[O]C(=O)C=CC(=O)[O]2. The second-order valence-electron chi connectivity index (χ2n) is 2.85. The van der Waals surface area contributed by atoms with Gasteiger partial charge < -0.3 is 0 Å². The quantitative estimate of drug-likeness (QED) is 0.434. The summed E-state index contributed by atoms with van der Waals surface area (Å²) in [5.41, 5.74) is 0. The van der Waals surface area contributed by atoms with E-state index >= 15 is 0 Å². The van der Waals surface area contributed by atoms with Crippen molar-refractivity contribution in [2.75, 3.05) is 0 Å². The van der Waals surface area contributed by atoms with Crippen molar-refractivity contribution in [3.8, 4) is 0 Å². The van der Waals surface area contributed by atoms with Crippen molar-refractivity contribution in [2.24, 2.45) is 0 Å². The fraction of sp³-hybridized carbons (Fsp3) is 0. The molecular weight excluding hydrogens is 431 g/mol. The van der Waals surface area contributed by atoms with Gasteiger partial charge in [0.05, 0.1) is 0 Å². The van der Waals surface area contributed by atoms with Crippen molar-refractivity contribution in [1.29, 1.82) is 0 Å². The summed E-state index contributed by atoms with van der Waals surface area (Å²) < 4.78 is 18.6. The predicted molar refractivity (Wildman–Crippen MR) is 48.4 cm³/mol. The molecule has 17 heavy (non-hydrogen) atoms. The fourth-order valence-electron chi connectivity index (χ4n) is 1.03. The van der Waals surface area contributed by atoms with Gasteiger partial charge in [0.25, 0.3) is 0 Å². The van der Waals surface area contributed by atoms with Crippen LogP contribution < -0.4 is 0 Å². The molecule has 0 amide bonds. The third-order valence-electron chi connectivity index (χ3n) is 1.61. The van der Waals surface area contributed by atoms with Crippen LogP contribution in [0.15, 0.2) is 24.3 Å². The van der Waals surface area contributed by atoms with Crippen molar-refractivity contribution in [3.63, 3.8) is 0 Å². The minimum atomic E-state index is -5.43. The Labute approximate surface area is 101 Å². The molecule has 0 unspecified atom stereocenters. The monoisotopic (exact) mass is 436 g/mol. The van der Waals surface area contributed by atoms with Crippen LogP contribution in [0, 0.1) is 0 Å². The van der Waals surface area contributed by atoms with Gasteiger partial charge >= 0.3 is 101 Å². The van der Waals surface area contributed by atoms with Gasteiger partial charge in [0.1, 0.15) is 0 Å². The Balaban J connectivity index is 2.34. The van der Waals surface area contributed by atoms with Gasteiger partial charge in [-0.15, -0.1) is 0 Å². The van der Waals surface area contributed by atoms with Gasteiger partial charge in [-0.25, -0.2) is 0 Å². The summed E-state index contributed by atoms with van der Waals surface area (Å²) >= 11 is -5.43. The molecule has 2 heterocycles. The Kier molecular flexibility index (Phi) is 2.96. The first-order valence-corrected chi connectivity index (χ1v) is 10.6. The second kappa shape index (κ2) is 4.27. The van der Waals surface area contributed by atoms with E-state index in [9.17, 15) is 19.2 Å². The molecule has 8 nitrogen and oxygen atoms in total. The molecule has 88 valence electrons. The van der Waals surface area contributed by atoms with Crippen LogP contribution in [0.5, 0.6) is 0 Å². The Morgan fingerprint density at radius 1 is 0.588 bits per heavy atom. The van der Waals surface area contributed by atoms with Gasteiger partial charge in [-0.05, 0) is 0 Å². The Bertz CT molecular complexity index is 388. The molecule has 2 aliphatic heterocycles. The third kappa shape index (κ3) is 2.69. The molecule has 0 saturated carbocycles. The van der Waals surface area contributed by atoms with Crippen LogP contribution in [-0.4, -0.2) is 46.9 Å². The van der Waals surface area contributed by atoms with E-state index in [1.807, 2.05) is 0 Å². The van der Waals surface area contributed by atoms with E-state index < -0.39 is 46.9 Å². The summed E-state index contributed by atoms with van der Waals surface area (Å²) in [6.45, 7) is 0. The molecule has 2 rings (SSSR count). The van der Waals surface area contributed by atoms with E-state index in [1.165, 1.54) is 0 Å². The first kappa shape index (κ1) is 11.8. The molecule has 0 saturated heterocycles. The minimum absolute atomic E-state index is 0.789. The van der Waals surface area contributed by atoms with E-state index in [2.05, 4.69) is 10.7 Å². The summed E-state index contributed by atoms with van der Waals surface area (Å²) in [6.07, 6.45) is 3.16. The van der Waals surface area contributed by atoms with Crippen molar-refractivity contribution in [3.05, 3.63) is 24.3 Å². The Morgan fingerprint density at radius 2 is 0.824 bits per heavy atom. The van der Waals surface area contributed by atoms with Crippen LogP contribution in [0.4, 0.5) is 0 Å². The molecule has 0 aromatic carbocycles. The maximum absolute atomic E-state index is 11.1. The van der Waals surface area contributed by atoms with Crippen LogP contribution in [0.1, 0.15) is 0 Å². The van der Waals surface area contributed by atoms with Gasteiger partial charge in [0.15, 0.2) is 0 Å². The van der Waals surface area contributed by atoms with Crippen molar-refractivity contribution in [2.45, 2.75) is 0 Å². The van der Waals surface area contributed by atoms with Gasteiger partial charge in [0.2, 0.25) is 0 Å². The molecular formula is C8H4O8Pb. The van der Waals surface area contributed by atoms with E-state index in [-0.39, 0.29) is 0 Å². The standard InChI is InChI=1S/2C4H4O4.Pb/c2*5-3(6)1-2-4(7)8;/h2*1-2H,(H,5,6)(H,7,8);/q;;+4/p-4. The van der Waals surface area contributed by atoms with Gasteiger partial charge in [-0.3, -0.25) is 0 Å².